The number of ether oxygens (including phenoxy) is 2. The molecule has 2 aliphatic rings. The van der Waals surface area contributed by atoms with E-state index in [0.717, 1.165) is 5.69 Å². The summed E-state index contributed by atoms with van der Waals surface area (Å²) in [4.78, 5) is 56.4. The minimum Gasteiger partial charge on any atom is -0.444 e. The fourth-order valence-corrected chi connectivity index (χ4v) is 4.62. The first kappa shape index (κ1) is 30.3. The number of hydrogen-bond donors (Lipinski definition) is 2. The molecule has 216 valence electrons. The van der Waals surface area contributed by atoms with Crippen molar-refractivity contribution < 1.29 is 28.7 Å². The van der Waals surface area contributed by atoms with Crippen LogP contribution in [-0.2, 0) is 19.1 Å². The smallest absolute Gasteiger partial charge is 0.411 e. The second-order valence-corrected chi connectivity index (χ2v) is 12.2. The minimum atomic E-state index is -0.772. The maximum atomic E-state index is 13.6. The van der Waals surface area contributed by atoms with Gasteiger partial charge in [0.2, 0.25) is 11.8 Å². The average molecular weight is 566 g/mol. The lowest BCUT2D eigenvalue weighted by Gasteiger charge is -2.38. The van der Waals surface area contributed by atoms with E-state index in [1.54, 1.807) is 46.4 Å². The van der Waals surface area contributed by atoms with E-state index in [1.165, 1.54) is 4.90 Å². The molecule has 0 spiro atoms. The predicted octanol–water partition coefficient (Wildman–Crippen LogP) is 3.01. The third kappa shape index (κ3) is 9.19. The Balaban J connectivity index is 1.62. The van der Waals surface area contributed by atoms with E-state index in [0.29, 0.717) is 31.2 Å². The van der Waals surface area contributed by atoms with Gasteiger partial charge >= 0.3 is 12.2 Å². The van der Waals surface area contributed by atoms with Crippen LogP contribution in [0.2, 0.25) is 5.02 Å². The van der Waals surface area contributed by atoms with Crippen molar-refractivity contribution in [1.29, 1.82) is 0 Å². The zero-order valence-electron chi connectivity index (χ0n) is 23.6. The highest BCUT2D eigenvalue weighted by Crippen LogP contribution is 2.25. The standard InChI is InChI=1S/C27H40ClN5O6/c1-26(2,3)38-24(36)29-16-22(34)30-19-15-21(33(17-19)25(37)39-27(4,5)6)23(35)32-13-11-31(12-14-32)20-9-7-18(28)8-10-20/h7-10,19,21H,11-17H2,1-6H3,(H,29,36)(H,30,34)/t19?,21-/m0/s1. The minimum absolute atomic E-state index is 0.119. The number of nitrogens with zero attached hydrogens (tertiary/aromatic N) is 3. The maximum absolute atomic E-state index is 13.6. The van der Waals surface area contributed by atoms with Crippen molar-refractivity contribution in [3.05, 3.63) is 29.3 Å². The molecule has 3 rings (SSSR count). The molecule has 0 aromatic heterocycles. The van der Waals surface area contributed by atoms with E-state index in [1.807, 2.05) is 24.3 Å². The lowest BCUT2D eigenvalue weighted by molar-refractivity contribution is -0.136. The average Bonchev–Trinajstić information content (AvgIpc) is 3.25. The molecule has 0 radical (unpaired) electrons. The molecule has 0 bridgehead atoms. The zero-order valence-corrected chi connectivity index (χ0v) is 24.3. The van der Waals surface area contributed by atoms with Crippen LogP contribution in [0.5, 0.6) is 0 Å². The van der Waals surface area contributed by atoms with Crippen LogP contribution in [0.3, 0.4) is 0 Å². The van der Waals surface area contributed by atoms with Crippen LogP contribution in [0, 0.1) is 0 Å². The molecule has 1 aromatic rings. The van der Waals surface area contributed by atoms with E-state index in [2.05, 4.69) is 15.5 Å². The Morgan fingerprint density at radius 1 is 0.923 bits per heavy atom. The van der Waals surface area contributed by atoms with Gasteiger partial charge in [0.25, 0.3) is 0 Å². The second kappa shape index (κ2) is 12.3. The number of carbonyl (C=O) groups excluding carboxylic acids is 4. The van der Waals surface area contributed by atoms with Crippen LogP contribution in [0.4, 0.5) is 15.3 Å². The largest absolute Gasteiger partial charge is 0.444 e. The molecule has 2 saturated heterocycles. The Morgan fingerprint density at radius 3 is 2.08 bits per heavy atom. The summed E-state index contributed by atoms with van der Waals surface area (Å²) in [7, 11) is 0. The number of nitrogens with one attached hydrogen (secondary N) is 2. The van der Waals surface area contributed by atoms with Crippen molar-refractivity contribution in [3.63, 3.8) is 0 Å². The summed E-state index contributed by atoms with van der Waals surface area (Å²) in [6, 6.07) is 6.32. The lowest BCUT2D eigenvalue weighted by Crippen LogP contribution is -2.54. The maximum Gasteiger partial charge on any atom is 0.411 e. The number of hydrogen-bond acceptors (Lipinski definition) is 7. The number of carbonyl (C=O) groups is 4. The second-order valence-electron chi connectivity index (χ2n) is 11.8. The SMILES string of the molecule is CC(C)(C)OC(=O)NCC(=O)NC1C[C@@H](C(=O)N2CCN(c3ccc(Cl)cc3)CC2)N(C(=O)OC(C)(C)C)C1. The fourth-order valence-electron chi connectivity index (χ4n) is 4.49. The Labute approximate surface area is 235 Å². The molecule has 2 fully saturated rings. The number of piperazine rings is 1. The number of anilines is 1. The molecule has 2 heterocycles. The number of likely N-dealkylation sites (tertiary alicyclic amines) is 1. The predicted molar refractivity (Wildman–Crippen MR) is 148 cm³/mol. The molecular weight excluding hydrogens is 526 g/mol. The molecule has 0 aliphatic carbocycles. The van der Waals surface area contributed by atoms with E-state index in [9.17, 15) is 19.2 Å². The summed E-state index contributed by atoms with van der Waals surface area (Å²) in [6.45, 7) is 12.6. The van der Waals surface area contributed by atoms with Gasteiger partial charge in [0.1, 0.15) is 23.8 Å². The highest BCUT2D eigenvalue weighted by molar-refractivity contribution is 6.30. The summed E-state index contributed by atoms with van der Waals surface area (Å²) in [5.41, 5.74) is -0.396. The number of benzene rings is 1. The van der Waals surface area contributed by atoms with Gasteiger partial charge in [-0.2, -0.15) is 0 Å². The molecule has 1 unspecified atom stereocenters. The monoisotopic (exact) mass is 565 g/mol. The molecule has 12 heteroatoms. The van der Waals surface area contributed by atoms with Gasteiger partial charge in [0, 0.05) is 49.5 Å². The van der Waals surface area contributed by atoms with Crippen molar-refractivity contribution in [1.82, 2.24) is 20.4 Å². The molecular formula is C27H40ClN5O6. The Kier molecular flexibility index (Phi) is 9.58. The number of alkyl carbamates (subject to hydrolysis) is 1. The quantitative estimate of drug-likeness (QED) is 0.563. The van der Waals surface area contributed by atoms with Gasteiger partial charge in [0.15, 0.2) is 0 Å². The Bertz CT molecular complexity index is 1040. The first-order valence-corrected chi connectivity index (χ1v) is 13.5. The Morgan fingerprint density at radius 2 is 1.51 bits per heavy atom. The highest BCUT2D eigenvalue weighted by Gasteiger charge is 2.44. The summed E-state index contributed by atoms with van der Waals surface area (Å²) in [6.07, 6.45) is -1.07. The summed E-state index contributed by atoms with van der Waals surface area (Å²) >= 11 is 6.00. The molecule has 0 saturated carbocycles. The summed E-state index contributed by atoms with van der Waals surface area (Å²) < 4.78 is 10.7. The van der Waals surface area contributed by atoms with Crippen molar-refractivity contribution in [2.24, 2.45) is 0 Å². The Hall–Kier alpha value is -3.21. The van der Waals surface area contributed by atoms with E-state index in [-0.39, 0.29) is 25.4 Å². The van der Waals surface area contributed by atoms with Gasteiger partial charge in [-0.05, 0) is 72.2 Å². The van der Waals surface area contributed by atoms with Gasteiger partial charge in [0.05, 0.1) is 0 Å². The van der Waals surface area contributed by atoms with Crippen LogP contribution in [0.15, 0.2) is 24.3 Å². The van der Waals surface area contributed by atoms with Crippen LogP contribution < -0.4 is 15.5 Å². The van der Waals surface area contributed by atoms with Gasteiger partial charge in [-0.15, -0.1) is 0 Å². The normalized spacial score (nSPS) is 19.9. The van der Waals surface area contributed by atoms with E-state index >= 15 is 0 Å². The van der Waals surface area contributed by atoms with Gasteiger partial charge < -0.3 is 29.9 Å². The van der Waals surface area contributed by atoms with Crippen LogP contribution in [0.1, 0.15) is 48.0 Å². The first-order chi connectivity index (χ1) is 18.1. The molecule has 1 aromatic carbocycles. The van der Waals surface area contributed by atoms with E-state index < -0.39 is 41.4 Å². The zero-order chi connectivity index (χ0) is 29.0. The summed E-state index contributed by atoms with van der Waals surface area (Å²) in [5, 5.41) is 5.90. The van der Waals surface area contributed by atoms with Crippen LogP contribution in [0.25, 0.3) is 0 Å². The molecule has 2 N–H and O–H groups in total. The van der Waals surface area contributed by atoms with Crippen molar-refractivity contribution in [2.75, 3.05) is 44.2 Å². The molecule has 2 atom stereocenters. The van der Waals surface area contributed by atoms with Gasteiger partial charge in [-0.25, -0.2) is 9.59 Å². The molecule has 11 nitrogen and oxygen atoms in total. The summed E-state index contributed by atoms with van der Waals surface area (Å²) in [5.74, 6) is -0.625. The third-order valence-electron chi connectivity index (χ3n) is 6.15. The molecule has 4 amide bonds. The van der Waals surface area contributed by atoms with Gasteiger partial charge in [-0.1, -0.05) is 11.6 Å². The first-order valence-electron chi connectivity index (χ1n) is 13.2. The van der Waals surface area contributed by atoms with Gasteiger partial charge in [-0.3, -0.25) is 14.5 Å². The van der Waals surface area contributed by atoms with Crippen molar-refractivity contribution >= 4 is 41.3 Å². The number of rotatable bonds is 5. The van der Waals surface area contributed by atoms with Crippen molar-refractivity contribution in [2.45, 2.75) is 71.2 Å². The topological polar surface area (TPSA) is 121 Å². The fraction of sp³-hybridized carbons (Fsp3) is 0.630. The number of amides is 4. The number of halogens is 1. The van der Waals surface area contributed by atoms with E-state index in [4.69, 9.17) is 21.1 Å². The highest BCUT2D eigenvalue weighted by atomic mass is 35.5. The van der Waals surface area contributed by atoms with Crippen molar-refractivity contribution in [3.8, 4) is 0 Å². The molecule has 39 heavy (non-hydrogen) atoms. The van der Waals surface area contributed by atoms with Crippen LogP contribution >= 0.6 is 11.6 Å². The van der Waals surface area contributed by atoms with Crippen LogP contribution in [-0.4, -0.2) is 96.4 Å². The lowest BCUT2D eigenvalue weighted by atomic mass is 10.1. The molecule has 2 aliphatic heterocycles. The third-order valence-corrected chi connectivity index (χ3v) is 6.41.